The SMILES string of the molecule is CCN(CCC#N)C(=O)[C@H]1CCCNC1. The van der Waals surface area contributed by atoms with Crippen LogP contribution in [0.15, 0.2) is 0 Å². The Morgan fingerprint density at radius 3 is 3.00 bits per heavy atom. The molecule has 0 aliphatic carbocycles. The van der Waals surface area contributed by atoms with Crippen LogP contribution < -0.4 is 5.32 Å². The molecule has 1 aliphatic rings. The van der Waals surface area contributed by atoms with Crippen molar-refractivity contribution >= 4 is 5.91 Å². The second-order valence-electron chi connectivity index (χ2n) is 3.87. The number of hydrogen-bond donors (Lipinski definition) is 1. The molecule has 1 aliphatic heterocycles. The van der Waals surface area contributed by atoms with Gasteiger partial charge < -0.3 is 10.2 Å². The standard InChI is InChI=1S/C11H19N3O/c1-2-14(8-4-6-12)11(15)10-5-3-7-13-9-10/h10,13H,2-5,7-9H2,1H3/t10-/m0/s1. The average Bonchev–Trinajstić information content (AvgIpc) is 2.31. The molecule has 0 unspecified atom stereocenters. The van der Waals surface area contributed by atoms with Gasteiger partial charge in [-0.15, -0.1) is 0 Å². The minimum Gasteiger partial charge on any atom is -0.342 e. The summed E-state index contributed by atoms with van der Waals surface area (Å²) >= 11 is 0. The van der Waals surface area contributed by atoms with Crippen molar-refractivity contribution in [3.63, 3.8) is 0 Å². The van der Waals surface area contributed by atoms with Crippen molar-refractivity contribution in [1.29, 1.82) is 5.26 Å². The first kappa shape index (κ1) is 12.0. The van der Waals surface area contributed by atoms with Crippen LogP contribution in [0.25, 0.3) is 0 Å². The highest BCUT2D eigenvalue weighted by molar-refractivity contribution is 5.79. The molecular weight excluding hydrogens is 190 g/mol. The second-order valence-corrected chi connectivity index (χ2v) is 3.87. The van der Waals surface area contributed by atoms with Crippen LogP contribution in [0.2, 0.25) is 0 Å². The molecule has 4 nitrogen and oxygen atoms in total. The molecule has 15 heavy (non-hydrogen) atoms. The van der Waals surface area contributed by atoms with Gasteiger partial charge in [0.1, 0.15) is 0 Å². The maximum absolute atomic E-state index is 12.0. The van der Waals surface area contributed by atoms with E-state index in [2.05, 4.69) is 11.4 Å². The molecule has 1 amide bonds. The lowest BCUT2D eigenvalue weighted by atomic mass is 9.98. The Morgan fingerprint density at radius 1 is 1.67 bits per heavy atom. The monoisotopic (exact) mass is 209 g/mol. The zero-order valence-corrected chi connectivity index (χ0v) is 9.33. The molecular formula is C11H19N3O. The highest BCUT2D eigenvalue weighted by Crippen LogP contribution is 2.13. The van der Waals surface area contributed by atoms with Gasteiger partial charge in [-0.1, -0.05) is 0 Å². The molecule has 0 aromatic heterocycles. The number of piperidine rings is 1. The van der Waals surface area contributed by atoms with Gasteiger partial charge in [0.2, 0.25) is 5.91 Å². The lowest BCUT2D eigenvalue weighted by molar-refractivity contribution is -0.135. The fourth-order valence-corrected chi connectivity index (χ4v) is 1.93. The van der Waals surface area contributed by atoms with Crippen LogP contribution in [0.1, 0.15) is 26.2 Å². The molecule has 4 heteroatoms. The molecule has 1 heterocycles. The lowest BCUT2D eigenvalue weighted by Gasteiger charge is -2.28. The van der Waals surface area contributed by atoms with E-state index < -0.39 is 0 Å². The van der Waals surface area contributed by atoms with Crippen molar-refractivity contribution in [2.75, 3.05) is 26.2 Å². The zero-order valence-electron chi connectivity index (χ0n) is 9.33. The van der Waals surface area contributed by atoms with E-state index in [0.29, 0.717) is 19.5 Å². The molecule has 84 valence electrons. The Morgan fingerprint density at radius 2 is 2.47 bits per heavy atom. The molecule has 0 spiro atoms. The number of nitriles is 1. The topological polar surface area (TPSA) is 56.1 Å². The molecule has 0 aromatic rings. The first-order valence-corrected chi connectivity index (χ1v) is 5.66. The fourth-order valence-electron chi connectivity index (χ4n) is 1.93. The molecule has 0 saturated carbocycles. The number of amides is 1. The summed E-state index contributed by atoms with van der Waals surface area (Å²) in [5, 5.41) is 11.7. The number of carbonyl (C=O) groups excluding carboxylic acids is 1. The third-order valence-corrected chi connectivity index (χ3v) is 2.83. The van der Waals surface area contributed by atoms with Crippen molar-refractivity contribution in [3.05, 3.63) is 0 Å². The Labute approximate surface area is 91.2 Å². The third kappa shape index (κ3) is 3.52. The number of rotatable bonds is 4. The predicted molar refractivity (Wildman–Crippen MR) is 58.1 cm³/mol. The van der Waals surface area contributed by atoms with Crippen molar-refractivity contribution < 1.29 is 4.79 Å². The molecule has 1 rings (SSSR count). The van der Waals surface area contributed by atoms with E-state index in [1.807, 2.05) is 6.92 Å². The lowest BCUT2D eigenvalue weighted by Crippen LogP contribution is -2.43. The van der Waals surface area contributed by atoms with Crippen LogP contribution in [0, 0.1) is 17.2 Å². The first-order valence-electron chi connectivity index (χ1n) is 5.66. The predicted octanol–water partition coefficient (Wildman–Crippen LogP) is 0.748. The minimum atomic E-state index is 0.123. The fraction of sp³-hybridized carbons (Fsp3) is 0.818. The van der Waals surface area contributed by atoms with Gasteiger partial charge in [-0.25, -0.2) is 0 Å². The number of carbonyl (C=O) groups is 1. The van der Waals surface area contributed by atoms with E-state index in [4.69, 9.17) is 5.26 Å². The van der Waals surface area contributed by atoms with Gasteiger partial charge in [-0.2, -0.15) is 5.26 Å². The van der Waals surface area contributed by atoms with E-state index >= 15 is 0 Å². The van der Waals surface area contributed by atoms with Gasteiger partial charge in [0.25, 0.3) is 0 Å². The summed E-state index contributed by atoms with van der Waals surface area (Å²) in [7, 11) is 0. The molecule has 0 bridgehead atoms. The van der Waals surface area contributed by atoms with Gasteiger partial charge in [0.15, 0.2) is 0 Å². The molecule has 1 fully saturated rings. The van der Waals surface area contributed by atoms with Gasteiger partial charge in [-0.05, 0) is 26.3 Å². The second kappa shape index (κ2) is 6.41. The van der Waals surface area contributed by atoms with E-state index in [0.717, 1.165) is 25.9 Å². The Balaban J connectivity index is 2.44. The van der Waals surface area contributed by atoms with Crippen LogP contribution >= 0.6 is 0 Å². The maximum Gasteiger partial charge on any atom is 0.226 e. The highest BCUT2D eigenvalue weighted by Gasteiger charge is 2.24. The van der Waals surface area contributed by atoms with Crippen LogP contribution in [-0.4, -0.2) is 37.0 Å². The number of nitrogens with one attached hydrogen (secondary N) is 1. The van der Waals surface area contributed by atoms with Crippen molar-refractivity contribution in [3.8, 4) is 6.07 Å². The summed E-state index contributed by atoms with van der Waals surface area (Å²) in [5.74, 6) is 0.331. The smallest absolute Gasteiger partial charge is 0.226 e. The molecule has 1 atom stereocenters. The maximum atomic E-state index is 12.0. The summed E-state index contributed by atoms with van der Waals surface area (Å²) in [6.45, 7) is 5.06. The summed E-state index contributed by atoms with van der Waals surface area (Å²) in [6.07, 6.45) is 2.49. The molecule has 1 saturated heterocycles. The van der Waals surface area contributed by atoms with Crippen molar-refractivity contribution in [2.45, 2.75) is 26.2 Å². The summed E-state index contributed by atoms with van der Waals surface area (Å²) in [6, 6.07) is 2.08. The number of nitrogens with zero attached hydrogens (tertiary/aromatic N) is 2. The van der Waals surface area contributed by atoms with Crippen LogP contribution in [-0.2, 0) is 4.79 Å². The van der Waals surface area contributed by atoms with E-state index in [9.17, 15) is 4.79 Å². The summed E-state index contributed by atoms with van der Waals surface area (Å²) in [5.41, 5.74) is 0. The minimum absolute atomic E-state index is 0.123. The van der Waals surface area contributed by atoms with Gasteiger partial charge in [0, 0.05) is 19.6 Å². The van der Waals surface area contributed by atoms with Gasteiger partial charge in [0.05, 0.1) is 18.4 Å². The first-order chi connectivity index (χ1) is 7.29. The van der Waals surface area contributed by atoms with Crippen LogP contribution in [0.4, 0.5) is 0 Å². The van der Waals surface area contributed by atoms with E-state index in [1.165, 1.54) is 0 Å². The molecule has 1 N–H and O–H groups in total. The Bertz CT molecular complexity index is 241. The normalized spacial score (nSPS) is 20.7. The summed E-state index contributed by atoms with van der Waals surface area (Å²) in [4.78, 5) is 13.8. The van der Waals surface area contributed by atoms with Crippen LogP contribution in [0.5, 0.6) is 0 Å². The largest absolute Gasteiger partial charge is 0.342 e. The van der Waals surface area contributed by atoms with Gasteiger partial charge >= 0.3 is 0 Å². The third-order valence-electron chi connectivity index (χ3n) is 2.83. The number of hydrogen-bond acceptors (Lipinski definition) is 3. The molecule has 0 aromatic carbocycles. The van der Waals surface area contributed by atoms with Gasteiger partial charge in [-0.3, -0.25) is 4.79 Å². The average molecular weight is 209 g/mol. The van der Waals surface area contributed by atoms with E-state index in [1.54, 1.807) is 4.90 Å². The zero-order chi connectivity index (χ0) is 11.1. The molecule has 0 radical (unpaired) electrons. The van der Waals surface area contributed by atoms with Crippen molar-refractivity contribution in [1.82, 2.24) is 10.2 Å². The summed E-state index contributed by atoms with van der Waals surface area (Å²) < 4.78 is 0. The van der Waals surface area contributed by atoms with Crippen LogP contribution in [0.3, 0.4) is 0 Å². The van der Waals surface area contributed by atoms with E-state index in [-0.39, 0.29) is 11.8 Å². The van der Waals surface area contributed by atoms with Crippen molar-refractivity contribution in [2.24, 2.45) is 5.92 Å². The quantitative estimate of drug-likeness (QED) is 0.743. The Hall–Kier alpha value is -1.08. The Kier molecular flexibility index (Phi) is 5.13. The highest BCUT2D eigenvalue weighted by atomic mass is 16.2.